The highest BCUT2D eigenvalue weighted by atomic mass is 19.1. The number of fused-ring (bicyclic) bond motifs is 1. The zero-order chi connectivity index (χ0) is 19.8. The number of hydrogen-bond acceptors (Lipinski definition) is 4. The molecule has 1 atom stereocenters. The van der Waals surface area contributed by atoms with E-state index in [0.717, 1.165) is 22.7 Å². The number of rotatable bonds is 4. The van der Waals surface area contributed by atoms with Crippen molar-refractivity contribution in [2.45, 2.75) is 46.2 Å². The summed E-state index contributed by atoms with van der Waals surface area (Å²) in [6.45, 7) is 6.96. The zero-order valence-corrected chi connectivity index (χ0v) is 16.3. The van der Waals surface area contributed by atoms with E-state index in [1.54, 1.807) is 12.1 Å². The summed E-state index contributed by atoms with van der Waals surface area (Å²) in [7, 11) is 0. The Balaban J connectivity index is 1.51. The summed E-state index contributed by atoms with van der Waals surface area (Å²) >= 11 is 0. The number of aryl methyl sites for hydroxylation is 2. The van der Waals surface area contributed by atoms with Gasteiger partial charge >= 0.3 is 0 Å². The Morgan fingerprint density at radius 1 is 1.32 bits per heavy atom. The number of carbonyl (C=O) groups excluding carboxylic acids is 1. The van der Waals surface area contributed by atoms with Crippen LogP contribution in [0.4, 0.5) is 4.39 Å². The van der Waals surface area contributed by atoms with Crippen LogP contribution in [-0.2, 0) is 17.8 Å². The van der Waals surface area contributed by atoms with Crippen molar-refractivity contribution < 1.29 is 13.7 Å². The third-order valence-electron chi connectivity index (χ3n) is 5.21. The average molecular weight is 382 g/mol. The van der Waals surface area contributed by atoms with E-state index in [1.807, 2.05) is 36.4 Å². The standard InChI is InChI=1S/C21H23FN4O2/c1-13-9-14(2)26(23-13)15(3)10-20(27)25-8-7-19-18(12-25)21(24-28-19)16-5-4-6-17(22)11-16/h4-6,9,11,15H,7-8,10,12H2,1-3H3. The largest absolute Gasteiger partial charge is 0.360 e. The van der Waals surface area contributed by atoms with Crippen molar-refractivity contribution in [3.63, 3.8) is 0 Å². The molecule has 1 amide bonds. The molecule has 1 aliphatic heterocycles. The fraction of sp³-hybridized carbons (Fsp3) is 0.381. The maximum absolute atomic E-state index is 13.6. The van der Waals surface area contributed by atoms with Gasteiger partial charge in [-0.15, -0.1) is 0 Å². The highest BCUT2D eigenvalue weighted by Crippen LogP contribution is 2.31. The van der Waals surface area contributed by atoms with Gasteiger partial charge in [0.05, 0.1) is 18.3 Å². The van der Waals surface area contributed by atoms with Crippen molar-refractivity contribution in [2.24, 2.45) is 0 Å². The summed E-state index contributed by atoms with van der Waals surface area (Å²) in [4.78, 5) is 14.7. The molecule has 0 fully saturated rings. The van der Waals surface area contributed by atoms with Crippen LogP contribution in [0.25, 0.3) is 11.3 Å². The summed E-state index contributed by atoms with van der Waals surface area (Å²) in [5.41, 5.74) is 4.13. The van der Waals surface area contributed by atoms with Gasteiger partial charge in [0.15, 0.2) is 0 Å². The quantitative estimate of drug-likeness (QED) is 0.688. The Labute approximate surface area is 162 Å². The first kappa shape index (κ1) is 18.4. The molecule has 4 rings (SSSR count). The molecule has 0 saturated carbocycles. The molecule has 1 unspecified atom stereocenters. The Kier molecular flexibility index (Phi) is 4.75. The van der Waals surface area contributed by atoms with E-state index >= 15 is 0 Å². The maximum Gasteiger partial charge on any atom is 0.225 e. The summed E-state index contributed by atoms with van der Waals surface area (Å²) in [5.74, 6) is 0.517. The molecule has 0 aliphatic carbocycles. The van der Waals surface area contributed by atoms with Crippen LogP contribution in [-0.4, -0.2) is 32.3 Å². The first-order valence-electron chi connectivity index (χ1n) is 9.46. The fourth-order valence-electron chi connectivity index (χ4n) is 3.85. The molecule has 1 aromatic carbocycles. The summed E-state index contributed by atoms with van der Waals surface area (Å²) in [5, 5.41) is 8.62. The lowest BCUT2D eigenvalue weighted by Crippen LogP contribution is -2.36. The van der Waals surface area contributed by atoms with Crippen molar-refractivity contribution >= 4 is 5.91 Å². The lowest BCUT2D eigenvalue weighted by Gasteiger charge is -2.27. The molecule has 1 aliphatic rings. The molecule has 0 bridgehead atoms. The van der Waals surface area contributed by atoms with Crippen LogP contribution in [0, 0.1) is 19.7 Å². The number of benzene rings is 1. The van der Waals surface area contributed by atoms with Gasteiger partial charge in [-0.2, -0.15) is 5.10 Å². The van der Waals surface area contributed by atoms with Gasteiger partial charge in [0.25, 0.3) is 0 Å². The highest BCUT2D eigenvalue weighted by Gasteiger charge is 2.28. The van der Waals surface area contributed by atoms with Crippen LogP contribution in [0.15, 0.2) is 34.9 Å². The van der Waals surface area contributed by atoms with Gasteiger partial charge in [-0.1, -0.05) is 17.3 Å². The number of carbonyl (C=O) groups is 1. The third kappa shape index (κ3) is 3.44. The molecule has 0 spiro atoms. The molecule has 28 heavy (non-hydrogen) atoms. The SMILES string of the molecule is Cc1cc(C)n(C(C)CC(=O)N2CCc3onc(-c4cccc(F)c4)c3C2)n1. The Morgan fingerprint density at radius 2 is 2.14 bits per heavy atom. The molecule has 146 valence electrons. The average Bonchev–Trinajstić information content (AvgIpc) is 3.23. The second kappa shape index (κ2) is 7.22. The molecule has 7 heteroatoms. The van der Waals surface area contributed by atoms with E-state index in [0.29, 0.717) is 37.2 Å². The zero-order valence-electron chi connectivity index (χ0n) is 16.3. The number of amides is 1. The monoisotopic (exact) mass is 382 g/mol. The highest BCUT2D eigenvalue weighted by molar-refractivity contribution is 5.77. The van der Waals surface area contributed by atoms with Crippen molar-refractivity contribution in [3.8, 4) is 11.3 Å². The molecule has 3 heterocycles. The lowest BCUT2D eigenvalue weighted by molar-refractivity contribution is -0.133. The first-order chi connectivity index (χ1) is 13.4. The number of halogens is 1. The predicted octanol–water partition coefficient (Wildman–Crippen LogP) is 3.83. The number of aromatic nitrogens is 3. The lowest BCUT2D eigenvalue weighted by atomic mass is 10.0. The summed E-state index contributed by atoms with van der Waals surface area (Å²) in [6, 6.07) is 8.26. The minimum Gasteiger partial charge on any atom is -0.360 e. The van der Waals surface area contributed by atoms with Crippen LogP contribution >= 0.6 is 0 Å². The second-order valence-corrected chi connectivity index (χ2v) is 7.43. The Bertz CT molecular complexity index is 1020. The molecule has 3 aromatic rings. The van der Waals surface area contributed by atoms with Crippen LogP contribution in [0.2, 0.25) is 0 Å². The van der Waals surface area contributed by atoms with Gasteiger partial charge in [0, 0.05) is 36.2 Å². The van der Waals surface area contributed by atoms with E-state index in [2.05, 4.69) is 10.3 Å². The Hall–Kier alpha value is -2.96. The van der Waals surface area contributed by atoms with Gasteiger partial charge in [-0.05, 0) is 39.0 Å². The van der Waals surface area contributed by atoms with Gasteiger partial charge in [-0.25, -0.2) is 4.39 Å². The minimum absolute atomic E-state index is 0.0206. The van der Waals surface area contributed by atoms with Crippen molar-refractivity contribution in [1.29, 1.82) is 0 Å². The molecular formula is C21H23FN4O2. The fourth-order valence-corrected chi connectivity index (χ4v) is 3.85. The van der Waals surface area contributed by atoms with E-state index in [9.17, 15) is 9.18 Å². The van der Waals surface area contributed by atoms with Crippen molar-refractivity contribution in [2.75, 3.05) is 6.54 Å². The van der Waals surface area contributed by atoms with Crippen molar-refractivity contribution in [1.82, 2.24) is 19.8 Å². The van der Waals surface area contributed by atoms with Gasteiger partial charge in [0.1, 0.15) is 17.3 Å². The van der Waals surface area contributed by atoms with E-state index < -0.39 is 0 Å². The molecular weight excluding hydrogens is 359 g/mol. The van der Waals surface area contributed by atoms with E-state index in [4.69, 9.17) is 4.52 Å². The van der Waals surface area contributed by atoms with Crippen molar-refractivity contribution in [3.05, 3.63) is 58.9 Å². The maximum atomic E-state index is 13.6. The van der Waals surface area contributed by atoms with Crippen LogP contribution in [0.1, 0.15) is 42.1 Å². The van der Waals surface area contributed by atoms with Gasteiger partial charge < -0.3 is 9.42 Å². The smallest absolute Gasteiger partial charge is 0.225 e. The molecule has 0 saturated heterocycles. The third-order valence-corrected chi connectivity index (χ3v) is 5.21. The summed E-state index contributed by atoms with van der Waals surface area (Å²) < 4.78 is 21.0. The first-order valence-corrected chi connectivity index (χ1v) is 9.46. The second-order valence-electron chi connectivity index (χ2n) is 7.43. The van der Waals surface area contributed by atoms with Crippen LogP contribution in [0.5, 0.6) is 0 Å². The molecule has 0 radical (unpaired) electrons. The normalized spacial score (nSPS) is 14.8. The number of nitrogens with zero attached hydrogens (tertiary/aromatic N) is 4. The van der Waals surface area contributed by atoms with Crippen LogP contribution in [0.3, 0.4) is 0 Å². The Morgan fingerprint density at radius 3 is 2.86 bits per heavy atom. The van der Waals surface area contributed by atoms with Gasteiger partial charge in [-0.3, -0.25) is 9.48 Å². The van der Waals surface area contributed by atoms with E-state index in [-0.39, 0.29) is 17.8 Å². The molecule has 0 N–H and O–H groups in total. The van der Waals surface area contributed by atoms with E-state index in [1.165, 1.54) is 12.1 Å². The molecule has 6 nitrogen and oxygen atoms in total. The van der Waals surface area contributed by atoms with Gasteiger partial charge in [0.2, 0.25) is 5.91 Å². The van der Waals surface area contributed by atoms with Crippen LogP contribution < -0.4 is 0 Å². The molecule has 2 aromatic heterocycles. The topological polar surface area (TPSA) is 64.2 Å². The number of hydrogen-bond donors (Lipinski definition) is 0. The predicted molar refractivity (Wildman–Crippen MR) is 102 cm³/mol. The summed E-state index contributed by atoms with van der Waals surface area (Å²) in [6.07, 6.45) is 0.982. The minimum atomic E-state index is -0.322.